The summed E-state index contributed by atoms with van der Waals surface area (Å²) < 4.78 is 13.6. The molecule has 0 spiro atoms. The van der Waals surface area contributed by atoms with Gasteiger partial charge in [0.2, 0.25) is 0 Å². The zero-order chi connectivity index (χ0) is 24.9. The first-order chi connectivity index (χ1) is 17.7. The van der Waals surface area contributed by atoms with Gasteiger partial charge < -0.3 is 16.4 Å². The lowest BCUT2D eigenvalue weighted by atomic mass is 9.73. The minimum Gasteiger partial charge on any atom is -0.388 e. The van der Waals surface area contributed by atoms with E-state index in [9.17, 15) is 4.39 Å². The van der Waals surface area contributed by atoms with Gasteiger partial charge in [0.25, 0.3) is 0 Å². The fourth-order valence-electron chi connectivity index (χ4n) is 5.77. The Kier molecular flexibility index (Phi) is 7.33. The number of fused-ring (bicyclic) bond motifs is 5. The molecule has 6 rings (SSSR count). The molecule has 184 valence electrons. The first kappa shape index (κ1) is 24.1. The third kappa shape index (κ3) is 5.00. The van der Waals surface area contributed by atoms with E-state index in [1.165, 1.54) is 38.9 Å². The van der Waals surface area contributed by atoms with Crippen LogP contribution in [-0.2, 0) is 32.2 Å². The molecule has 3 aromatic rings. The molecule has 1 aliphatic heterocycles. The molecule has 0 bridgehead atoms. The van der Waals surface area contributed by atoms with Crippen molar-refractivity contribution in [2.24, 2.45) is 5.73 Å². The molecule has 0 amide bonds. The maximum absolute atomic E-state index is 13.6. The van der Waals surface area contributed by atoms with Gasteiger partial charge >= 0.3 is 0 Å². The van der Waals surface area contributed by atoms with Crippen LogP contribution in [0.3, 0.4) is 0 Å². The van der Waals surface area contributed by atoms with Crippen LogP contribution in [0, 0.1) is 5.82 Å². The number of nitrogens with one attached hydrogen (secondary N) is 2. The number of benzene rings is 3. The van der Waals surface area contributed by atoms with Crippen molar-refractivity contribution in [2.45, 2.75) is 44.6 Å². The van der Waals surface area contributed by atoms with Crippen LogP contribution in [0.15, 0.2) is 85.2 Å². The molecule has 3 nitrogen and oxygen atoms in total. The van der Waals surface area contributed by atoms with Crippen LogP contribution in [0.4, 0.5) is 10.1 Å². The summed E-state index contributed by atoms with van der Waals surface area (Å²) in [6, 6.07) is 16.4. The molecule has 36 heavy (non-hydrogen) atoms. The van der Waals surface area contributed by atoms with E-state index < -0.39 is 0 Å². The molecule has 4 N–H and O–H groups in total. The molecular weight excluding hydrogens is 445 g/mol. The Hall–Kier alpha value is -3.63. The van der Waals surface area contributed by atoms with E-state index in [2.05, 4.69) is 41.0 Å². The minimum absolute atomic E-state index is 0.131. The summed E-state index contributed by atoms with van der Waals surface area (Å²) in [4.78, 5) is 0. The van der Waals surface area contributed by atoms with Crippen molar-refractivity contribution in [3.05, 3.63) is 124 Å². The number of nitrogens with two attached hydrogens (primary N) is 1. The highest BCUT2D eigenvalue weighted by Crippen LogP contribution is 2.42. The SMILES string of the molecule is C1=CC=CNC=C1.CNc1ccc(C2CCc3c(ccc4c3CCc3cc(F)ccc3-4)C2)c(CN)c1. The summed E-state index contributed by atoms with van der Waals surface area (Å²) in [6.45, 7) is 0.575. The Morgan fingerprint density at radius 1 is 0.861 bits per heavy atom. The summed E-state index contributed by atoms with van der Waals surface area (Å²) in [6.07, 6.45) is 16.9. The van der Waals surface area contributed by atoms with Crippen molar-refractivity contribution in [1.29, 1.82) is 0 Å². The molecule has 4 heteroatoms. The molecular formula is C32H34FN3. The average Bonchev–Trinajstić information content (AvgIpc) is 3.25. The average molecular weight is 480 g/mol. The van der Waals surface area contributed by atoms with E-state index in [1.807, 2.05) is 49.8 Å². The Labute approximate surface area is 213 Å². The summed E-state index contributed by atoms with van der Waals surface area (Å²) in [5, 5.41) is 6.14. The van der Waals surface area contributed by atoms with E-state index in [1.54, 1.807) is 12.1 Å². The van der Waals surface area contributed by atoms with Crippen LogP contribution in [0.25, 0.3) is 11.1 Å². The summed E-state index contributed by atoms with van der Waals surface area (Å²) >= 11 is 0. The molecule has 0 radical (unpaired) electrons. The maximum Gasteiger partial charge on any atom is 0.123 e. The van der Waals surface area contributed by atoms with Gasteiger partial charge in [-0.3, -0.25) is 0 Å². The van der Waals surface area contributed by atoms with Crippen LogP contribution in [-0.4, -0.2) is 7.05 Å². The van der Waals surface area contributed by atoms with Crippen molar-refractivity contribution in [3.8, 4) is 11.1 Å². The predicted molar refractivity (Wildman–Crippen MR) is 148 cm³/mol. The summed E-state index contributed by atoms with van der Waals surface area (Å²) in [7, 11) is 1.95. The van der Waals surface area contributed by atoms with Gasteiger partial charge in [-0.2, -0.15) is 0 Å². The van der Waals surface area contributed by atoms with E-state index in [0.29, 0.717) is 12.5 Å². The number of aryl methyl sites for hydroxylation is 1. The number of allylic oxidation sites excluding steroid dienone is 4. The molecule has 0 saturated heterocycles. The van der Waals surface area contributed by atoms with Gasteiger partial charge in [0.05, 0.1) is 0 Å². The second kappa shape index (κ2) is 11.0. The normalized spacial score (nSPS) is 17.0. The molecule has 1 unspecified atom stereocenters. The highest BCUT2D eigenvalue weighted by atomic mass is 19.1. The van der Waals surface area contributed by atoms with Crippen LogP contribution in [0.2, 0.25) is 0 Å². The summed E-state index contributed by atoms with van der Waals surface area (Å²) in [5.74, 6) is 0.392. The van der Waals surface area contributed by atoms with E-state index in [0.717, 1.165) is 43.4 Å². The number of rotatable bonds is 3. The highest BCUT2D eigenvalue weighted by Gasteiger charge is 2.27. The quantitative estimate of drug-likeness (QED) is 0.400. The Balaban J connectivity index is 0.000000330. The van der Waals surface area contributed by atoms with Crippen LogP contribution in [0.1, 0.15) is 45.7 Å². The van der Waals surface area contributed by atoms with Crippen molar-refractivity contribution in [2.75, 3.05) is 12.4 Å². The zero-order valence-corrected chi connectivity index (χ0v) is 20.9. The smallest absolute Gasteiger partial charge is 0.123 e. The Morgan fingerprint density at radius 3 is 2.44 bits per heavy atom. The van der Waals surface area contributed by atoms with Gasteiger partial charge in [0.15, 0.2) is 0 Å². The standard InChI is InChI=1S/C26H27FN2.C6H7N/c1-29-21-6-11-22(19(14-21)15-28)16-2-7-23-17(12-16)3-8-26-24-10-5-20(27)13-18(24)4-9-25(23)26;1-2-4-6-7-5-3-1/h3,5-6,8,10-11,13-14,16,29H,2,4,7,9,12,15,28H2,1H3;1-7H. The van der Waals surface area contributed by atoms with E-state index in [4.69, 9.17) is 5.73 Å². The van der Waals surface area contributed by atoms with Gasteiger partial charge in [-0.05, 0) is 119 Å². The molecule has 1 atom stereocenters. The molecule has 0 saturated carbocycles. The van der Waals surface area contributed by atoms with Gasteiger partial charge in [0.1, 0.15) is 5.82 Å². The number of anilines is 1. The van der Waals surface area contributed by atoms with Crippen LogP contribution < -0.4 is 16.4 Å². The zero-order valence-electron chi connectivity index (χ0n) is 20.9. The molecule has 0 fully saturated rings. The largest absolute Gasteiger partial charge is 0.388 e. The van der Waals surface area contributed by atoms with Crippen LogP contribution >= 0.6 is 0 Å². The van der Waals surface area contributed by atoms with E-state index >= 15 is 0 Å². The molecule has 3 aliphatic rings. The monoisotopic (exact) mass is 479 g/mol. The first-order valence-corrected chi connectivity index (χ1v) is 12.9. The predicted octanol–water partition coefficient (Wildman–Crippen LogP) is 6.54. The third-order valence-electron chi connectivity index (χ3n) is 7.55. The van der Waals surface area contributed by atoms with Crippen molar-refractivity contribution < 1.29 is 4.39 Å². The maximum atomic E-state index is 13.6. The fraction of sp³-hybridized carbons (Fsp3) is 0.250. The topological polar surface area (TPSA) is 50.1 Å². The third-order valence-corrected chi connectivity index (χ3v) is 7.55. The van der Waals surface area contributed by atoms with Crippen molar-refractivity contribution in [3.63, 3.8) is 0 Å². The lowest BCUT2D eigenvalue weighted by Crippen LogP contribution is -2.18. The second-order valence-corrected chi connectivity index (χ2v) is 9.61. The van der Waals surface area contributed by atoms with Crippen molar-refractivity contribution >= 4 is 5.69 Å². The second-order valence-electron chi connectivity index (χ2n) is 9.61. The molecule has 2 aliphatic carbocycles. The van der Waals surface area contributed by atoms with Gasteiger partial charge in [0, 0.05) is 31.7 Å². The van der Waals surface area contributed by atoms with Crippen LogP contribution in [0.5, 0.6) is 0 Å². The van der Waals surface area contributed by atoms with Gasteiger partial charge in [-0.15, -0.1) is 0 Å². The molecule has 0 aromatic heterocycles. The Morgan fingerprint density at radius 2 is 1.67 bits per heavy atom. The van der Waals surface area contributed by atoms with Gasteiger partial charge in [-0.25, -0.2) is 4.39 Å². The first-order valence-electron chi connectivity index (χ1n) is 12.9. The van der Waals surface area contributed by atoms with E-state index in [-0.39, 0.29) is 5.82 Å². The van der Waals surface area contributed by atoms with Gasteiger partial charge in [-0.1, -0.05) is 36.4 Å². The fourth-order valence-corrected chi connectivity index (χ4v) is 5.77. The summed E-state index contributed by atoms with van der Waals surface area (Å²) in [5.41, 5.74) is 18.0. The highest BCUT2D eigenvalue weighted by molar-refractivity contribution is 5.75. The minimum atomic E-state index is -0.131. The number of hydrogen-bond donors (Lipinski definition) is 3. The lowest BCUT2D eigenvalue weighted by molar-refractivity contribution is 0.576. The molecule has 1 heterocycles. The number of halogens is 1. The van der Waals surface area contributed by atoms with Crippen molar-refractivity contribution in [1.82, 2.24) is 5.32 Å². The molecule has 3 aromatic carbocycles. The number of hydrogen-bond acceptors (Lipinski definition) is 3. The Bertz CT molecular complexity index is 1320. The lowest BCUT2D eigenvalue weighted by Gasteiger charge is -2.31.